The standard InChI is InChI=1S/C13H18FNO2/c1-3-4-7-15-13(16)9-17-12-8-10(2)5-6-11(12)14/h5-6,8H,3-4,7,9H2,1-2H3,(H,15,16). The van der Waals surface area contributed by atoms with Crippen molar-refractivity contribution in [2.45, 2.75) is 26.7 Å². The van der Waals surface area contributed by atoms with Crippen molar-refractivity contribution in [2.75, 3.05) is 13.2 Å². The molecule has 0 aliphatic carbocycles. The van der Waals surface area contributed by atoms with E-state index in [1.807, 2.05) is 13.8 Å². The lowest BCUT2D eigenvalue weighted by molar-refractivity contribution is -0.123. The smallest absolute Gasteiger partial charge is 0.257 e. The Morgan fingerprint density at radius 1 is 1.47 bits per heavy atom. The van der Waals surface area contributed by atoms with E-state index in [2.05, 4.69) is 5.32 Å². The van der Waals surface area contributed by atoms with Gasteiger partial charge in [0.25, 0.3) is 5.91 Å². The van der Waals surface area contributed by atoms with E-state index in [4.69, 9.17) is 4.74 Å². The zero-order valence-electron chi connectivity index (χ0n) is 10.3. The van der Waals surface area contributed by atoms with Crippen molar-refractivity contribution in [3.63, 3.8) is 0 Å². The first-order valence-corrected chi connectivity index (χ1v) is 5.79. The van der Waals surface area contributed by atoms with Crippen molar-refractivity contribution >= 4 is 5.91 Å². The number of carbonyl (C=O) groups is 1. The molecule has 1 N–H and O–H groups in total. The van der Waals surface area contributed by atoms with E-state index in [-0.39, 0.29) is 18.3 Å². The van der Waals surface area contributed by atoms with E-state index in [0.29, 0.717) is 6.54 Å². The number of halogens is 1. The van der Waals surface area contributed by atoms with Crippen LogP contribution < -0.4 is 10.1 Å². The molecule has 1 rings (SSSR count). The lowest BCUT2D eigenvalue weighted by Gasteiger charge is -2.08. The number of amides is 1. The highest BCUT2D eigenvalue weighted by Gasteiger charge is 2.06. The molecule has 0 spiro atoms. The predicted octanol–water partition coefficient (Wildman–Crippen LogP) is 2.43. The van der Waals surface area contributed by atoms with E-state index in [9.17, 15) is 9.18 Å². The average Bonchev–Trinajstić information content (AvgIpc) is 2.31. The lowest BCUT2D eigenvalue weighted by Crippen LogP contribution is -2.29. The van der Waals surface area contributed by atoms with Crippen LogP contribution in [-0.2, 0) is 4.79 Å². The molecule has 0 radical (unpaired) electrons. The SMILES string of the molecule is CCCCNC(=O)COc1cc(C)ccc1F. The van der Waals surface area contributed by atoms with E-state index in [1.54, 1.807) is 12.1 Å². The number of ether oxygens (including phenoxy) is 1. The predicted molar refractivity (Wildman–Crippen MR) is 64.5 cm³/mol. The Morgan fingerprint density at radius 2 is 2.24 bits per heavy atom. The van der Waals surface area contributed by atoms with Gasteiger partial charge in [0.1, 0.15) is 0 Å². The third-order valence-electron chi connectivity index (χ3n) is 2.30. The molecule has 0 saturated carbocycles. The topological polar surface area (TPSA) is 38.3 Å². The molecule has 0 aromatic heterocycles. The number of benzene rings is 1. The maximum absolute atomic E-state index is 13.3. The summed E-state index contributed by atoms with van der Waals surface area (Å²) in [4.78, 5) is 11.3. The fraction of sp³-hybridized carbons (Fsp3) is 0.462. The van der Waals surface area contributed by atoms with E-state index in [0.717, 1.165) is 18.4 Å². The van der Waals surface area contributed by atoms with E-state index >= 15 is 0 Å². The number of aryl methyl sites for hydroxylation is 1. The molecule has 0 unspecified atom stereocenters. The van der Waals surface area contributed by atoms with Gasteiger partial charge in [-0.2, -0.15) is 0 Å². The summed E-state index contributed by atoms with van der Waals surface area (Å²) < 4.78 is 18.4. The molecular weight excluding hydrogens is 221 g/mol. The van der Waals surface area contributed by atoms with Crippen LogP contribution in [0.2, 0.25) is 0 Å². The Balaban J connectivity index is 2.39. The second kappa shape index (κ2) is 6.89. The highest BCUT2D eigenvalue weighted by atomic mass is 19.1. The van der Waals surface area contributed by atoms with Gasteiger partial charge < -0.3 is 10.1 Å². The fourth-order valence-corrected chi connectivity index (χ4v) is 1.32. The summed E-state index contributed by atoms with van der Waals surface area (Å²) in [6.45, 7) is 4.37. The van der Waals surface area contributed by atoms with Gasteiger partial charge in [-0.1, -0.05) is 19.4 Å². The van der Waals surface area contributed by atoms with Gasteiger partial charge in [-0.15, -0.1) is 0 Å². The first-order valence-electron chi connectivity index (χ1n) is 5.79. The van der Waals surface area contributed by atoms with Gasteiger partial charge in [-0.25, -0.2) is 4.39 Å². The molecule has 17 heavy (non-hydrogen) atoms. The Hall–Kier alpha value is -1.58. The number of hydrogen-bond donors (Lipinski definition) is 1. The highest BCUT2D eigenvalue weighted by molar-refractivity contribution is 5.77. The molecule has 1 aromatic rings. The summed E-state index contributed by atoms with van der Waals surface area (Å²) in [5.41, 5.74) is 0.896. The van der Waals surface area contributed by atoms with Crippen molar-refractivity contribution in [2.24, 2.45) is 0 Å². The van der Waals surface area contributed by atoms with E-state index in [1.165, 1.54) is 6.07 Å². The van der Waals surface area contributed by atoms with Crippen molar-refractivity contribution in [1.82, 2.24) is 5.32 Å². The molecule has 1 amide bonds. The summed E-state index contributed by atoms with van der Waals surface area (Å²) in [6, 6.07) is 4.57. The minimum Gasteiger partial charge on any atom is -0.481 e. The maximum atomic E-state index is 13.3. The molecule has 0 atom stereocenters. The van der Waals surface area contributed by atoms with Gasteiger partial charge in [-0.05, 0) is 31.0 Å². The van der Waals surface area contributed by atoms with E-state index < -0.39 is 5.82 Å². The zero-order valence-corrected chi connectivity index (χ0v) is 10.3. The van der Waals surface area contributed by atoms with Crippen LogP contribution in [0.4, 0.5) is 4.39 Å². The molecule has 3 nitrogen and oxygen atoms in total. The summed E-state index contributed by atoms with van der Waals surface area (Å²) in [6.07, 6.45) is 1.96. The number of rotatable bonds is 6. The molecule has 0 saturated heterocycles. The molecule has 94 valence electrons. The largest absolute Gasteiger partial charge is 0.481 e. The molecule has 0 aliphatic heterocycles. The van der Waals surface area contributed by atoms with Gasteiger partial charge in [0.2, 0.25) is 0 Å². The minimum absolute atomic E-state index is 0.121. The van der Waals surface area contributed by atoms with Crippen molar-refractivity contribution in [1.29, 1.82) is 0 Å². The number of hydrogen-bond acceptors (Lipinski definition) is 2. The Kier molecular flexibility index (Phi) is 5.46. The quantitative estimate of drug-likeness (QED) is 0.774. The van der Waals surface area contributed by atoms with Gasteiger partial charge >= 0.3 is 0 Å². The summed E-state index contributed by atoms with van der Waals surface area (Å²) in [5.74, 6) is -0.549. The second-order valence-electron chi connectivity index (χ2n) is 3.93. The summed E-state index contributed by atoms with van der Waals surface area (Å²) >= 11 is 0. The van der Waals surface area contributed by atoms with Crippen molar-refractivity contribution in [3.05, 3.63) is 29.6 Å². The Morgan fingerprint density at radius 3 is 2.94 bits per heavy atom. The Bertz CT molecular complexity index is 380. The van der Waals surface area contributed by atoms with Crippen LogP contribution in [0.3, 0.4) is 0 Å². The van der Waals surface area contributed by atoms with Crippen LogP contribution in [0.25, 0.3) is 0 Å². The average molecular weight is 239 g/mol. The first-order chi connectivity index (χ1) is 8.13. The van der Waals surface area contributed by atoms with Crippen molar-refractivity contribution in [3.8, 4) is 5.75 Å². The minimum atomic E-state index is -0.447. The summed E-state index contributed by atoms with van der Waals surface area (Å²) in [7, 11) is 0. The second-order valence-corrected chi connectivity index (χ2v) is 3.93. The van der Waals surface area contributed by atoms with Crippen LogP contribution in [-0.4, -0.2) is 19.1 Å². The highest BCUT2D eigenvalue weighted by Crippen LogP contribution is 2.17. The van der Waals surface area contributed by atoms with Gasteiger partial charge in [-0.3, -0.25) is 4.79 Å². The van der Waals surface area contributed by atoms with Crippen LogP contribution in [0.15, 0.2) is 18.2 Å². The monoisotopic (exact) mass is 239 g/mol. The van der Waals surface area contributed by atoms with Crippen LogP contribution in [0.1, 0.15) is 25.3 Å². The van der Waals surface area contributed by atoms with Gasteiger partial charge in [0, 0.05) is 6.54 Å². The Labute approximate surface area is 101 Å². The summed E-state index contributed by atoms with van der Waals surface area (Å²) in [5, 5.41) is 2.70. The fourth-order valence-electron chi connectivity index (χ4n) is 1.32. The molecular formula is C13H18FNO2. The third kappa shape index (κ3) is 4.85. The normalized spacial score (nSPS) is 10.1. The van der Waals surface area contributed by atoms with Gasteiger partial charge in [0.05, 0.1) is 0 Å². The number of carbonyl (C=O) groups excluding carboxylic acids is 1. The van der Waals surface area contributed by atoms with Crippen molar-refractivity contribution < 1.29 is 13.9 Å². The maximum Gasteiger partial charge on any atom is 0.257 e. The molecule has 0 fully saturated rings. The number of unbranched alkanes of at least 4 members (excludes halogenated alkanes) is 1. The van der Waals surface area contributed by atoms with Crippen LogP contribution in [0.5, 0.6) is 5.75 Å². The first kappa shape index (κ1) is 13.5. The van der Waals surface area contributed by atoms with Crippen LogP contribution in [0, 0.1) is 12.7 Å². The lowest BCUT2D eigenvalue weighted by atomic mass is 10.2. The number of nitrogens with one attached hydrogen (secondary N) is 1. The molecule has 1 aromatic carbocycles. The molecule has 0 heterocycles. The van der Waals surface area contributed by atoms with Crippen LogP contribution >= 0.6 is 0 Å². The molecule has 0 aliphatic rings. The molecule has 4 heteroatoms. The van der Waals surface area contributed by atoms with Gasteiger partial charge in [0.15, 0.2) is 18.2 Å². The molecule has 0 bridgehead atoms. The zero-order chi connectivity index (χ0) is 12.7. The third-order valence-corrected chi connectivity index (χ3v) is 2.30.